The lowest BCUT2D eigenvalue weighted by Gasteiger charge is -2.29. The number of nitrogens with zero attached hydrogens (tertiary/aromatic N) is 2. The fourth-order valence-electron chi connectivity index (χ4n) is 4.62. The minimum atomic E-state index is -0.353. The number of esters is 1. The van der Waals surface area contributed by atoms with Gasteiger partial charge in [0.1, 0.15) is 5.75 Å². The second-order valence-corrected chi connectivity index (χ2v) is 8.06. The zero-order valence-electron chi connectivity index (χ0n) is 18.7. The number of fused-ring (bicyclic) bond motifs is 2. The quantitative estimate of drug-likeness (QED) is 0.410. The number of rotatable bonds is 9. The third kappa shape index (κ3) is 4.71. The van der Waals surface area contributed by atoms with Crippen molar-refractivity contribution >= 4 is 22.9 Å². The summed E-state index contributed by atoms with van der Waals surface area (Å²) in [6.07, 6.45) is 7.38. The normalized spacial score (nSPS) is 15.6. The molecule has 1 aliphatic carbocycles. The number of hydrogen-bond acceptors (Lipinski definition) is 5. The third-order valence-electron chi connectivity index (χ3n) is 6.26. The van der Waals surface area contributed by atoms with Crippen LogP contribution in [0.5, 0.6) is 5.75 Å². The van der Waals surface area contributed by atoms with Gasteiger partial charge in [-0.05, 0) is 59.9 Å². The van der Waals surface area contributed by atoms with Gasteiger partial charge in [-0.25, -0.2) is 4.79 Å². The molecule has 1 atom stereocenters. The summed E-state index contributed by atoms with van der Waals surface area (Å²) in [4.78, 5) is 13.7. The van der Waals surface area contributed by atoms with E-state index in [9.17, 15) is 9.90 Å². The molecule has 0 amide bonds. The lowest BCUT2D eigenvalue weighted by atomic mass is 10.0. The van der Waals surface area contributed by atoms with Crippen LogP contribution in [0.2, 0.25) is 0 Å². The van der Waals surface area contributed by atoms with E-state index < -0.39 is 0 Å². The molecule has 0 aliphatic heterocycles. The summed E-state index contributed by atoms with van der Waals surface area (Å²) < 4.78 is 12.3. The molecule has 1 aliphatic rings. The number of aryl methyl sites for hydroxylation is 1. The van der Waals surface area contributed by atoms with E-state index in [2.05, 4.69) is 50.7 Å². The first-order chi connectivity index (χ1) is 15.6. The molecule has 1 unspecified atom stereocenters. The predicted octanol–water partition coefficient (Wildman–Crippen LogP) is 3.82. The number of carbonyl (C=O) groups is 1. The lowest BCUT2D eigenvalue weighted by molar-refractivity contribution is -0.134. The molecular formula is C26H30N2O4. The Bertz CT molecular complexity index is 1120. The van der Waals surface area contributed by atoms with Gasteiger partial charge < -0.3 is 19.1 Å². The summed E-state index contributed by atoms with van der Waals surface area (Å²) in [7, 11) is 3.06. The summed E-state index contributed by atoms with van der Waals surface area (Å²) in [6.45, 7) is 2.47. The Kier molecular flexibility index (Phi) is 6.93. The summed E-state index contributed by atoms with van der Waals surface area (Å²) in [6, 6.07) is 14.9. The van der Waals surface area contributed by atoms with Crippen molar-refractivity contribution in [3.63, 3.8) is 0 Å². The van der Waals surface area contributed by atoms with Crippen molar-refractivity contribution in [3.8, 4) is 5.75 Å². The molecule has 32 heavy (non-hydrogen) atoms. The first-order valence-electron chi connectivity index (χ1n) is 11.0. The van der Waals surface area contributed by atoms with Crippen molar-refractivity contribution in [3.05, 3.63) is 71.4 Å². The van der Waals surface area contributed by atoms with Crippen LogP contribution in [0, 0.1) is 0 Å². The Hall–Kier alpha value is -3.09. The van der Waals surface area contributed by atoms with Gasteiger partial charge in [0, 0.05) is 48.9 Å². The van der Waals surface area contributed by atoms with Crippen molar-refractivity contribution in [2.45, 2.75) is 25.4 Å². The molecule has 1 aromatic heterocycles. The number of aliphatic hydroxyl groups excluding tert-OH is 1. The van der Waals surface area contributed by atoms with Crippen LogP contribution in [0.1, 0.15) is 29.2 Å². The van der Waals surface area contributed by atoms with Crippen LogP contribution in [-0.2, 0) is 22.5 Å². The van der Waals surface area contributed by atoms with Crippen LogP contribution in [0.25, 0.3) is 17.0 Å². The average Bonchev–Trinajstić information content (AvgIpc) is 3.43. The Morgan fingerprint density at radius 2 is 2.06 bits per heavy atom. The first-order valence-corrected chi connectivity index (χ1v) is 11.0. The highest BCUT2D eigenvalue weighted by Gasteiger charge is 2.27. The topological polar surface area (TPSA) is 63.9 Å². The Morgan fingerprint density at radius 1 is 1.19 bits per heavy atom. The molecule has 0 saturated carbocycles. The maximum absolute atomic E-state index is 11.4. The van der Waals surface area contributed by atoms with E-state index in [-0.39, 0.29) is 18.6 Å². The van der Waals surface area contributed by atoms with Gasteiger partial charge >= 0.3 is 5.97 Å². The standard InChI is InChI=1S/C26H30N2O4/c1-31-22-6-9-24-21(18-22)11-12-27(24)13-14-28(15-16-29)25-8-5-20-17-19(3-7-23(20)25)4-10-26(30)32-2/h3-4,6-7,9-12,17-18,25,29H,5,8,13-16H2,1-2H3/b10-4+. The number of ether oxygens (including phenoxy) is 2. The van der Waals surface area contributed by atoms with Crippen molar-refractivity contribution in [1.82, 2.24) is 9.47 Å². The van der Waals surface area contributed by atoms with Gasteiger partial charge in [0.25, 0.3) is 0 Å². The minimum Gasteiger partial charge on any atom is -0.497 e. The molecule has 1 heterocycles. The fourth-order valence-corrected chi connectivity index (χ4v) is 4.62. The summed E-state index contributed by atoms with van der Waals surface area (Å²) >= 11 is 0. The number of hydrogen-bond donors (Lipinski definition) is 1. The highest BCUT2D eigenvalue weighted by Crippen LogP contribution is 2.36. The number of carbonyl (C=O) groups excluding carboxylic acids is 1. The van der Waals surface area contributed by atoms with E-state index in [1.54, 1.807) is 13.2 Å². The van der Waals surface area contributed by atoms with Crippen LogP contribution in [0.4, 0.5) is 0 Å². The fraction of sp³-hybridized carbons (Fsp3) is 0.346. The van der Waals surface area contributed by atoms with E-state index in [1.165, 1.54) is 29.8 Å². The van der Waals surface area contributed by atoms with Gasteiger partial charge in [-0.1, -0.05) is 18.2 Å². The maximum atomic E-state index is 11.4. The zero-order chi connectivity index (χ0) is 22.5. The average molecular weight is 435 g/mol. The molecular weight excluding hydrogens is 404 g/mol. The molecule has 0 radical (unpaired) electrons. The number of aliphatic hydroxyl groups is 1. The molecule has 0 saturated heterocycles. The molecule has 1 N–H and O–H groups in total. The highest BCUT2D eigenvalue weighted by molar-refractivity contribution is 5.87. The van der Waals surface area contributed by atoms with E-state index in [0.29, 0.717) is 6.54 Å². The predicted molar refractivity (Wildman–Crippen MR) is 126 cm³/mol. The van der Waals surface area contributed by atoms with Gasteiger partial charge in [0.05, 0.1) is 20.8 Å². The molecule has 0 fully saturated rings. The SMILES string of the molecule is COC(=O)/C=C/c1ccc2c(c1)CCC2N(CCO)CCn1ccc2cc(OC)ccc21. The second kappa shape index (κ2) is 10.0. The summed E-state index contributed by atoms with van der Waals surface area (Å²) in [5.41, 5.74) is 4.81. The number of aromatic nitrogens is 1. The van der Waals surface area contributed by atoms with Gasteiger partial charge in [0.2, 0.25) is 0 Å². The molecule has 4 rings (SSSR count). The molecule has 2 aromatic carbocycles. The third-order valence-corrected chi connectivity index (χ3v) is 6.26. The first kappa shape index (κ1) is 22.1. The van der Waals surface area contributed by atoms with Crippen molar-refractivity contribution < 1.29 is 19.4 Å². The highest BCUT2D eigenvalue weighted by atomic mass is 16.5. The summed E-state index contributed by atoms with van der Waals surface area (Å²) in [5, 5.41) is 10.9. The largest absolute Gasteiger partial charge is 0.497 e. The van der Waals surface area contributed by atoms with E-state index in [4.69, 9.17) is 4.74 Å². The Labute approximate surface area is 188 Å². The van der Waals surface area contributed by atoms with E-state index in [0.717, 1.165) is 42.6 Å². The van der Waals surface area contributed by atoms with Gasteiger partial charge in [0.15, 0.2) is 0 Å². The molecule has 0 spiro atoms. The van der Waals surface area contributed by atoms with Crippen LogP contribution in [-0.4, -0.2) is 54.5 Å². The Morgan fingerprint density at radius 3 is 2.84 bits per heavy atom. The van der Waals surface area contributed by atoms with Gasteiger partial charge in [-0.2, -0.15) is 0 Å². The van der Waals surface area contributed by atoms with Crippen LogP contribution >= 0.6 is 0 Å². The van der Waals surface area contributed by atoms with Crippen LogP contribution < -0.4 is 4.74 Å². The van der Waals surface area contributed by atoms with Crippen LogP contribution in [0.3, 0.4) is 0 Å². The molecule has 6 nitrogen and oxygen atoms in total. The smallest absolute Gasteiger partial charge is 0.330 e. The van der Waals surface area contributed by atoms with E-state index >= 15 is 0 Å². The van der Waals surface area contributed by atoms with Crippen molar-refractivity contribution in [2.75, 3.05) is 33.9 Å². The van der Waals surface area contributed by atoms with Gasteiger partial charge in [-0.15, -0.1) is 0 Å². The monoisotopic (exact) mass is 434 g/mol. The van der Waals surface area contributed by atoms with Crippen molar-refractivity contribution in [2.24, 2.45) is 0 Å². The van der Waals surface area contributed by atoms with Gasteiger partial charge in [-0.3, -0.25) is 4.90 Å². The second-order valence-electron chi connectivity index (χ2n) is 8.06. The lowest BCUT2D eigenvalue weighted by Crippen LogP contribution is -2.33. The summed E-state index contributed by atoms with van der Waals surface area (Å²) in [5.74, 6) is 0.508. The van der Waals surface area contributed by atoms with Crippen molar-refractivity contribution in [1.29, 1.82) is 0 Å². The molecule has 0 bridgehead atoms. The van der Waals surface area contributed by atoms with Crippen LogP contribution in [0.15, 0.2) is 54.7 Å². The molecule has 168 valence electrons. The van der Waals surface area contributed by atoms with E-state index in [1.807, 2.05) is 12.1 Å². The minimum absolute atomic E-state index is 0.134. The molecule has 3 aromatic rings. The maximum Gasteiger partial charge on any atom is 0.330 e. The number of methoxy groups -OCH3 is 2. The zero-order valence-corrected chi connectivity index (χ0v) is 18.7. The Balaban J connectivity index is 1.48. The number of benzene rings is 2. The molecule has 6 heteroatoms.